The van der Waals surface area contributed by atoms with E-state index in [9.17, 15) is 0 Å². The van der Waals surface area contributed by atoms with Crippen LogP contribution in [0.15, 0.2) is 296 Å². The highest BCUT2D eigenvalue weighted by molar-refractivity contribution is 9.10. The lowest BCUT2D eigenvalue weighted by molar-refractivity contribution is 0.00578. The second-order valence-electron chi connectivity index (χ2n) is 30.1. The fourth-order valence-electron chi connectivity index (χ4n) is 14.0. The Morgan fingerprint density at radius 2 is 0.510 bits per heavy atom. The third-order valence-corrected chi connectivity index (χ3v) is 22.4. The Bertz CT molecular complexity index is 5330. The Morgan fingerprint density at radius 3 is 0.902 bits per heavy atom. The number of hydrogen-bond donors (Lipinski definition) is 0. The molecular formula is C90H84B3BrN2O6. The zero-order valence-electron chi connectivity index (χ0n) is 60.2. The molecule has 2 aromatic heterocycles. The van der Waals surface area contributed by atoms with E-state index in [1.54, 1.807) is 0 Å². The molecule has 3 aliphatic heterocycles. The molecule has 0 saturated carbocycles. The third kappa shape index (κ3) is 13.1. The second-order valence-corrected chi connectivity index (χ2v) is 31.0. The van der Waals surface area contributed by atoms with Gasteiger partial charge in [-0.05, 0) is 228 Å². The van der Waals surface area contributed by atoms with E-state index in [-0.39, 0.29) is 40.7 Å². The predicted octanol–water partition coefficient (Wildman–Crippen LogP) is 22.9. The summed E-state index contributed by atoms with van der Waals surface area (Å²) in [5.74, 6) is 0. The van der Waals surface area contributed by atoms with Crippen molar-refractivity contribution in [2.45, 2.75) is 117 Å². The van der Waals surface area contributed by atoms with Crippen molar-refractivity contribution in [2.24, 2.45) is 0 Å². The number of halogens is 1. The minimum absolute atomic E-state index is 0.359. The molecule has 0 spiro atoms. The molecule has 17 rings (SSSR count). The first-order valence-electron chi connectivity index (χ1n) is 35.4. The van der Waals surface area contributed by atoms with Gasteiger partial charge in [-0.1, -0.05) is 234 Å². The number of fused-ring (bicyclic) bond motifs is 6. The van der Waals surface area contributed by atoms with E-state index < -0.39 is 14.0 Å². The summed E-state index contributed by atoms with van der Waals surface area (Å²) < 4.78 is 42.3. The van der Waals surface area contributed by atoms with E-state index in [0.717, 1.165) is 21.2 Å². The summed E-state index contributed by atoms with van der Waals surface area (Å²) in [6.45, 7) is 24.6. The minimum Gasteiger partial charge on any atom is -0.405 e. The average Bonchev–Trinajstić information content (AvgIpc) is 1.60. The van der Waals surface area contributed by atoms with Gasteiger partial charge in [0.1, 0.15) is 0 Å². The zero-order chi connectivity index (χ0) is 70.9. The Kier molecular flexibility index (Phi) is 18.0. The predicted molar refractivity (Wildman–Crippen MR) is 430 cm³/mol. The van der Waals surface area contributed by atoms with Crippen LogP contribution in [0.25, 0.3) is 122 Å². The molecule has 8 nitrogen and oxygen atoms in total. The van der Waals surface area contributed by atoms with Crippen LogP contribution in [0.3, 0.4) is 0 Å². The Balaban J connectivity index is 0.000000135. The summed E-state index contributed by atoms with van der Waals surface area (Å²) in [7, 11) is -1.32. The van der Waals surface area contributed by atoms with Crippen LogP contribution in [-0.4, -0.2) is 63.9 Å². The molecule has 5 heterocycles. The summed E-state index contributed by atoms with van der Waals surface area (Å²) in [4.78, 5) is 0. The maximum absolute atomic E-state index is 6.28. The van der Waals surface area contributed by atoms with Gasteiger partial charge < -0.3 is 37.1 Å². The van der Waals surface area contributed by atoms with Gasteiger partial charge in [0.15, 0.2) is 0 Å². The van der Waals surface area contributed by atoms with Crippen molar-refractivity contribution in [2.75, 3.05) is 0 Å². The Hall–Kier alpha value is -9.33. The van der Waals surface area contributed by atoms with Crippen LogP contribution in [0, 0.1) is 0 Å². The molecule has 14 aromatic rings. The maximum atomic E-state index is 6.28. The number of aromatic nitrogens is 2. The van der Waals surface area contributed by atoms with Crippen LogP contribution < -0.4 is 5.46 Å². The molecule has 506 valence electrons. The van der Waals surface area contributed by atoms with E-state index in [4.69, 9.17) is 27.9 Å². The molecule has 0 N–H and O–H groups in total. The van der Waals surface area contributed by atoms with Gasteiger partial charge in [-0.2, -0.15) is 0 Å². The summed E-state index contributed by atoms with van der Waals surface area (Å²) in [5, 5.41) is 5.03. The number of rotatable bonds is 10. The molecule has 3 aliphatic rings. The molecule has 12 heteroatoms. The topological polar surface area (TPSA) is 65.2 Å². The maximum Gasteiger partial charge on any atom is 0.494 e. The van der Waals surface area contributed by atoms with E-state index in [2.05, 4.69) is 344 Å². The largest absolute Gasteiger partial charge is 0.494 e. The van der Waals surface area contributed by atoms with Gasteiger partial charge >= 0.3 is 21.1 Å². The summed E-state index contributed by atoms with van der Waals surface area (Å²) in [6.07, 6.45) is 0. The average molecular weight is 1400 g/mol. The van der Waals surface area contributed by atoms with Crippen molar-refractivity contribution < 1.29 is 27.9 Å². The van der Waals surface area contributed by atoms with Crippen molar-refractivity contribution in [1.82, 2.24) is 9.13 Å². The first kappa shape index (κ1) is 68.4. The van der Waals surface area contributed by atoms with Crippen LogP contribution >= 0.6 is 15.9 Å². The molecule has 3 saturated heterocycles. The molecule has 12 aromatic carbocycles. The quantitative estimate of drug-likeness (QED) is 0.127. The summed E-state index contributed by atoms with van der Waals surface area (Å²) in [5.41, 5.74) is 20.4. The molecule has 0 aliphatic carbocycles. The number of nitrogens with zero attached hydrogens (tertiary/aromatic N) is 2. The monoisotopic (exact) mass is 1400 g/mol. The van der Waals surface area contributed by atoms with Crippen LogP contribution in [0.4, 0.5) is 0 Å². The van der Waals surface area contributed by atoms with E-state index in [1.165, 1.54) is 110 Å². The van der Waals surface area contributed by atoms with E-state index >= 15 is 0 Å². The number of benzene rings is 12. The molecule has 0 unspecified atom stereocenters. The highest BCUT2D eigenvalue weighted by Gasteiger charge is 2.64. The standard InChI is InChI=1S/C42H36BNO2.C36H24BrN.C12H24B2O4/c1-41(2)42(3,4)46-43(45-41)35-23-20-30(21-24-35)31-14-10-15-32(26-31)34-22-25-38-37-18-8-9-19-39(37)44(40(38)28-34)36-17-11-16-33(27-36)29-12-6-5-7-13-29;37-31-19-16-26(17-20-31)27-10-6-11-28(22-27)30-18-21-34-33-14-4-5-15-35(33)38(36(34)24-30)32-13-7-12-29(23-32)25-8-2-1-3-9-25;1-9(2)10(3,4)16-13(15-9)14-17-11(5,6)12(7,8)18-14/h5-28H,1-4H3;1-24H;1-8H3. The number of hydrogen-bond acceptors (Lipinski definition) is 6. The Labute approximate surface area is 609 Å². The second kappa shape index (κ2) is 26.8. The lowest BCUT2D eigenvalue weighted by Gasteiger charge is -2.32. The van der Waals surface area contributed by atoms with Crippen LogP contribution in [0.1, 0.15) is 83.1 Å². The highest BCUT2D eigenvalue weighted by Crippen LogP contribution is 2.45. The van der Waals surface area contributed by atoms with Crippen molar-refractivity contribution in [3.05, 3.63) is 296 Å². The first-order valence-corrected chi connectivity index (χ1v) is 36.2. The highest BCUT2D eigenvalue weighted by atomic mass is 79.9. The van der Waals surface area contributed by atoms with Gasteiger partial charge in [0.2, 0.25) is 0 Å². The van der Waals surface area contributed by atoms with E-state index in [1.807, 2.05) is 55.4 Å². The first-order chi connectivity index (χ1) is 48.9. The van der Waals surface area contributed by atoms with Gasteiger partial charge in [0, 0.05) is 37.4 Å². The van der Waals surface area contributed by atoms with Gasteiger partial charge in [0.05, 0.1) is 55.7 Å². The molecule has 102 heavy (non-hydrogen) atoms. The molecule has 0 amide bonds. The van der Waals surface area contributed by atoms with Crippen LogP contribution in [-0.2, 0) is 27.9 Å². The molecule has 0 radical (unpaired) electrons. The SMILES string of the molecule is Brc1ccc(-c2cccc(-c3ccc4c5ccccc5n(-c5cccc(-c6ccccc6)c5)c4c3)c2)cc1.CC1(C)OB(B2OC(C)(C)C(C)(C)O2)OC1(C)C.CC1(C)OB(c2ccc(-c3cccc(-c4ccc5c6ccccc6n(-c6cccc(-c7ccccc7)c6)c5c4)c3)cc2)OC1(C)C. The van der Waals surface area contributed by atoms with Gasteiger partial charge in [-0.15, -0.1) is 0 Å². The van der Waals surface area contributed by atoms with Crippen molar-refractivity contribution in [1.29, 1.82) is 0 Å². The molecular weight excluding hydrogens is 1320 g/mol. The van der Waals surface area contributed by atoms with Gasteiger partial charge in [0.25, 0.3) is 0 Å². The lowest BCUT2D eigenvalue weighted by Crippen LogP contribution is -2.41. The smallest absolute Gasteiger partial charge is 0.405 e. The molecule has 3 fully saturated rings. The lowest BCUT2D eigenvalue weighted by atomic mass is 9.49. The van der Waals surface area contributed by atoms with Crippen molar-refractivity contribution in [3.63, 3.8) is 0 Å². The number of para-hydroxylation sites is 2. The fraction of sp³-hybridized carbons (Fsp3) is 0.200. The van der Waals surface area contributed by atoms with Crippen LogP contribution in [0.2, 0.25) is 0 Å². The molecule has 0 bridgehead atoms. The fourth-order valence-corrected chi connectivity index (χ4v) is 14.2. The van der Waals surface area contributed by atoms with Crippen molar-refractivity contribution in [3.8, 4) is 78.1 Å². The Morgan fingerprint density at radius 1 is 0.235 bits per heavy atom. The van der Waals surface area contributed by atoms with E-state index in [0.29, 0.717) is 0 Å². The third-order valence-electron chi connectivity index (χ3n) is 21.9. The van der Waals surface area contributed by atoms with Crippen LogP contribution in [0.5, 0.6) is 0 Å². The van der Waals surface area contributed by atoms with Crippen molar-refractivity contribution >= 4 is 86.1 Å². The summed E-state index contributed by atoms with van der Waals surface area (Å²) >= 11 is 3.55. The normalized spacial score (nSPS) is 16.9. The van der Waals surface area contributed by atoms with Gasteiger partial charge in [-0.3, -0.25) is 0 Å². The minimum atomic E-state index is -0.476. The summed E-state index contributed by atoms with van der Waals surface area (Å²) in [6, 6.07) is 105. The zero-order valence-corrected chi connectivity index (χ0v) is 61.8. The molecule has 0 atom stereocenters. The van der Waals surface area contributed by atoms with Gasteiger partial charge in [-0.25, -0.2) is 0 Å².